The van der Waals surface area contributed by atoms with Crippen LogP contribution in [0, 0.1) is 0 Å². The van der Waals surface area contributed by atoms with Gasteiger partial charge in [0.05, 0.1) is 18.6 Å². The van der Waals surface area contributed by atoms with Crippen LogP contribution in [0.3, 0.4) is 0 Å². The molecule has 0 amide bonds. The van der Waals surface area contributed by atoms with E-state index in [1.165, 1.54) is 6.26 Å². The first-order chi connectivity index (χ1) is 10.8. The topological polar surface area (TPSA) is 116 Å². The monoisotopic (exact) mass is 346 g/mol. The number of sulfonamides is 1. The largest absolute Gasteiger partial charge is 0.466 e. The number of nitrogens with one attached hydrogen (secondary N) is 3. The molecule has 23 heavy (non-hydrogen) atoms. The highest BCUT2D eigenvalue weighted by atomic mass is 32.2. The fourth-order valence-electron chi connectivity index (χ4n) is 1.73. The number of hydrogen-bond acceptors (Lipinski definition) is 5. The number of nitrogens with zero attached hydrogens (tertiary/aromatic N) is 1. The molecule has 1 aromatic rings. The molecule has 0 fully saturated rings. The van der Waals surface area contributed by atoms with Crippen molar-refractivity contribution in [2.75, 3.05) is 31.9 Å². The van der Waals surface area contributed by atoms with E-state index in [-0.39, 0.29) is 18.8 Å². The molecule has 0 spiro atoms. The van der Waals surface area contributed by atoms with E-state index < -0.39 is 15.6 Å². The molecule has 0 radical (unpaired) electrons. The highest BCUT2D eigenvalue weighted by molar-refractivity contribution is 7.89. The van der Waals surface area contributed by atoms with Crippen molar-refractivity contribution in [1.29, 1.82) is 0 Å². The van der Waals surface area contributed by atoms with Crippen molar-refractivity contribution in [1.82, 2.24) is 15.4 Å². The minimum atomic E-state index is -3.20. The summed E-state index contributed by atoms with van der Waals surface area (Å²) in [6.45, 7) is 6.52. The summed E-state index contributed by atoms with van der Waals surface area (Å²) in [5.74, 6) is 0.982. The number of guanidine groups is 1. The highest BCUT2D eigenvalue weighted by Gasteiger charge is 2.26. The molecular weight excluding hydrogens is 320 g/mol. The predicted octanol–water partition coefficient (Wildman–Crippen LogP) is -0.0185. The Morgan fingerprint density at radius 2 is 2.09 bits per heavy atom. The van der Waals surface area contributed by atoms with Gasteiger partial charge in [-0.2, -0.15) is 0 Å². The van der Waals surface area contributed by atoms with Gasteiger partial charge < -0.3 is 20.2 Å². The second-order valence-electron chi connectivity index (χ2n) is 5.17. The molecule has 0 aromatic carbocycles. The van der Waals surface area contributed by atoms with Gasteiger partial charge in [-0.05, 0) is 32.9 Å². The van der Waals surface area contributed by atoms with Crippen LogP contribution in [0.1, 0.15) is 26.5 Å². The average molecular weight is 346 g/mol. The molecule has 8 nitrogen and oxygen atoms in total. The lowest BCUT2D eigenvalue weighted by atomic mass is 10.0. The highest BCUT2D eigenvalue weighted by Crippen LogP contribution is 2.20. The number of aliphatic imine (C=N–C) groups is 1. The van der Waals surface area contributed by atoms with E-state index in [1.54, 1.807) is 26.0 Å². The predicted molar refractivity (Wildman–Crippen MR) is 89.7 cm³/mol. The third-order valence-electron chi connectivity index (χ3n) is 3.06. The maximum absolute atomic E-state index is 11.3. The van der Waals surface area contributed by atoms with Gasteiger partial charge in [0.15, 0.2) is 5.96 Å². The van der Waals surface area contributed by atoms with Crippen LogP contribution in [0.15, 0.2) is 27.8 Å². The summed E-state index contributed by atoms with van der Waals surface area (Å²) in [5.41, 5.74) is -1.21. The molecule has 1 atom stereocenters. The van der Waals surface area contributed by atoms with Crippen molar-refractivity contribution in [3.63, 3.8) is 0 Å². The second-order valence-corrected chi connectivity index (χ2v) is 7.27. The Bertz CT molecular complexity index is 582. The summed E-state index contributed by atoms with van der Waals surface area (Å²) in [6.07, 6.45) is 1.50. The molecule has 9 heteroatoms. The van der Waals surface area contributed by atoms with Crippen molar-refractivity contribution in [2.45, 2.75) is 26.4 Å². The standard InChI is InChI=1S/C14H26N4O4S/c1-4-15-13(16-8-9-18-23(20,21)5-2)17-11-14(3,19)12-7-6-10-22-12/h6-7,10,18-19H,4-5,8-9,11H2,1-3H3,(H2,15,16,17). The van der Waals surface area contributed by atoms with Gasteiger partial charge in [-0.1, -0.05) is 0 Å². The maximum atomic E-state index is 11.3. The van der Waals surface area contributed by atoms with Crippen LogP contribution in [-0.4, -0.2) is 51.4 Å². The van der Waals surface area contributed by atoms with Crippen LogP contribution in [-0.2, 0) is 15.6 Å². The molecule has 0 saturated carbocycles. The van der Waals surface area contributed by atoms with Crippen LogP contribution in [0.5, 0.6) is 0 Å². The first-order valence-electron chi connectivity index (χ1n) is 7.56. The quantitative estimate of drug-likeness (QED) is 0.284. The Kier molecular flexibility index (Phi) is 7.53. The molecule has 4 N–H and O–H groups in total. The molecule has 1 unspecified atom stereocenters. The zero-order chi connectivity index (χ0) is 17.3. The van der Waals surface area contributed by atoms with Gasteiger partial charge in [-0.25, -0.2) is 18.1 Å². The lowest BCUT2D eigenvalue weighted by molar-refractivity contribution is 0.0437. The van der Waals surface area contributed by atoms with E-state index in [4.69, 9.17) is 4.42 Å². The summed E-state index contributed by atoms with van der Waals surface area (Å²) in [7, 11) is -3.20. The molecular formula is C14H26N4O4S. The van der Waals surface area contributed by atoms with Crippen molar-refractivity contribution in [3.05, 3.63) is 24.2 Å². The first kappa shape index (κ1) is 19.5. The van der Waals surface area contributed by atoms with E-state index in [9.17, 15) is 13.5 Å². The second kappa shape index (κ2) is 8.90. The van der Waals surface area contributed by atoms with Crippen LogP contribution < -0.4 is 15.4 Å². The van der Waals surface area contributed by atoms with Crippen molar-refractivity contribution >= 4 is 16.0 Å². The van der Waals surface area contributed by atoms with E-state index >= 15 is 0 Å². The number of aliphatic hydroxyl groups is 1. The van der Waals surface area contributed by atoms with Gasteiger partial charge in [0.2, 0.25) is 10.0 Å². The molecule has 0 aliphatic carbocycles. The van der Waals surface area contributed by atoms with Gasteiger partial charge in [0, 0.05) is 19.6 Å². The van der Waals surface area contributed by atoms with Crippen molar-refractivity contribution in [3.8, 4) is 0 Å². The Morgan fingerprint density at radius 3 is 2.65 bits per heavy atom. The Morgan fingerprint density at radius 1 is 1.35 bits per heavy atom. The molecule has 0 aliphatic heterocycles. The van der Waals surface area contributed by atoms with Gasteiger partial charge in [0.25, 0.3) is 0 Å². The lowest BCUT2D eigenvalue weighted by Gasteiger charge is -2.19. The summed E-state index contributed by atoms with van der Waals surface area (Å²) >= 11 is 0. The molecule has 1 rings (SSSR count). The Balaban J connectivity index is 2.53. The van der Waals surface area contributed by atoms with Crippen LogP contribution in [0.4, 0.5) is 0 Å². The fraction of sp³-hybridized carbons (Fsp3) is 0.643. The molecule has 0 saturated heterocycles. The summed E-state index contributed by atoms with van der Waals surface area (Å²) in [5, 5.41) is 16.4. The zero-order valence-corrected chi connectivity index (χ0v) is 14.6. The third kappa shape index (κ3) is 7.02. The minimum absolute atomic E-state index is 0.0488. The van der Waals surface area contributed by atoms with Gasteiger partial charge in [0.1, 0.15) is 11.4 Å². The Hall–Kier alpha value is -1.58. The Labute approximate surface area is 137 Å². The normalized spacial score (nSPS) is 15.2. The molecule has 132 valence electrons. The van der Waals surface area contributed by atoms with E-state index in [1.807, 2.05) is 6.92 Å². The number of hydrogen-bond donors (Lipinski definition) is 4. The summed E-state index contributed by atoms with van der Waals surface area (Å²) in [6, 6.07) is 3.40. The smallest absolute Gasteiger partial charge is 0.211 e. The fourth-order valence-corrected chi connectivity index (χ4v) is 2.34. The molecule has 1 heterocycles. The van der Waals surface area contributed by atoms with Crippen molar-refractivity contribution < 1.29 is 17.9 Å². The SMILES string of the molecule is CCNC(=NCC(C)(O)c1ccco1)NCCNS(=O)(=O)CC. The van der Waals surface area contributed by atoms with Crippen LogP contribution in [0.25, 0.3) is 0 Å². The van der Waals surface area contributed by atoms with Crippen LogP contribution >= 0.6 is 0 Å². The molecule has 0 aliphatic rings. The molecule has 0 bridgehead atoms. The lowest BCUT2D eigenvalue weighted by Crippen LogP contribution is -2.42. The van der Waals surface area contributed by atoms with E-state index in [0.717, 1.165) is 0 Å². The maximum Gasteiger partial charge on any atom is 0.211 e. The molecule has 1 aromatic heterocycles. The first-order valence-corrected chi connectivity index (χ1v) is 9.22. The van der Waals surface area contributed by atoms with E-state index in [0.29, 0.717) is 24.8 Å². The van der Waals surface area contributed by atoms with Crippen LogP contribution in [0.2, 0.25) is 0 Å². The third-order valence-corrected chi connectivity index (χ3v) is 4.46. The summed E-state index contributed by atoms with van der Waals surface area (Å²) < 4.78 is 30.3. The number of rotatable bonds is 9. The zero-order valence-electron chi connectivity index (χ0n) is 13.8. The van der Waals surface area contributed by atoms with Crippen molar-refractivity contribution in [2.24, 2.45) is 4.99 Å². The van der Waals surface area contributed by atoms with Gasteiger partial charge >= 0.3 is 0 Å². The van der Waals surface area contributed by atoms with E-state index in [2.05, 4.69) is 20.3 Å². The van der Waals surface area contributed by atoms with Gasteiger partial charge in [-0.15, -0.1) is 0 Å². The average Bonchev–Trinajstić information content (AvgIpc) is 3.04. The number of furan rings is 1. The van der Waals surface area contributed by atoms with Gasteiger partial charge in [-0.3, -0.25) is 0 Å². The summed E-state index contributed by atoms with van der Waals surface area (Å²) in [4.78, 5) is 4.30. The minimum Gasteiger partial charge on any atom is -0.466 e.